The number of unbranched alkanes of at least 4 members (excludes halogenated alkanes) is 13. The Hall–Kier alpha value is -5.71. The number of H-pyrrole nitrogens is 1. The van der Waals surface area contributed by atoms with Gasteiger partial charge in [-0.2, -0.15) is 0 Å². The van der Waals surface area contributed by atoms with Gasteiger partial charge in [-0.1, -0.05) is 144 Å². The molecular formula is C47H58N4O7. The number of hydrogen-bond acceptors (Lipinski definition) is 7. The van der Waals surface area contributed by atoms with Crippen molar-refractivity contribution in [1.82, 2.24) is 14.9 Å². The number of benzene rings is 3. The first-order valence-corrected chi connectivity index (χ1v) is 20.9. The first kappa shape index (κ1) is 43.4. The number of carbonyl (C=O) groups is 3. The zero-order valence-electron chi connectivity index (χ0n) is 34.0. The predicted octanol–water partition coefficient (Wildman–Crippen LogP) is 10.4. The zero-order chi connectivity index (χ0) is 41.1. The van der Waals surface area contributed by atoms with Crippen LogP contribution in [0, 0.1) is 0 Å². The molecule has 3 aromatic carbocycles. The highest BCUT2D eigenvalue weighted by Gasteiger charge is 2.28. The van der Waals surface area contributed by atoms with Gasteiger partial charge in [0, 0.05) is 42.8 Å². The molecule has 1 aromatic heterocycles. The molecule has 1 unspecified atom stereocenters. The van der Waals surface area contributed by atoms with Crippen LogP contribution in [0.4, 0.5) is 0 Å². The van der Waals surface area contributed by atoms with Crippen LogP contribution in [0.3, 0.4) is 0 Å². The van der Waals surface area contributed by atoms with Crippen LogP contribution < -0.4 is 4.74 Å². The van der Waals surface area contributed by atoms with Crippen LogP contribution in [0.1, 0.15) is 114 Å². The molecular weight excluding hydrogens is 733 g/mol. The summed E-state index contributed by atoms with van der Waals surface area (Å²) in [6.07, 6.45) is 21.0. The minimum Gasteiger partial charge on any atom is -0.482 e. The van der Waals surface area contributed by atoms with Crippen LogP contribution in [-0.2, 0) is 19.2 Å². The van der Waals surface area contributed by atoms with Crippen LogP contribution in [0.25, 0.3) is 40.0 Å². The van der Waals surface area contributed by atoms with Gasteiger partial charge in [0.2, 0.25) is 12.0 Å². The predicted molar refractivity (Wildman–Crippen MR) is 229 cm³/mol. The zero-order valence-corrected chi connectivity index (χ0v) is 34.0. The van der Waals surface area contributed by atoms with Crippen molar-refractivity contribution in [3.8, 4) is 39.7 Å². The second-order valence-corrected chi connectivity index (χ2v) is 15.1. The maximum absolute atomic E-state index is 12.9. The summed E-state index contributed by atoms with van der Waals surface area (Å²) in [6.45, 7) is 2.57. The fourth-order valence-electron chi connectivity index (χ4n) is 6.99. The Morgan fingerprint density at radius 2 is 1.31 bits per heavy atom. The number of aliphatic carboxylic acids is 2. The van der Waals surface area contributed by atoms with Gasteiger partial charge in [-0.15, -0.1) is 0 Å². The van der Waals surface area contributed by atoms with Gasteiger partial charge in [0.15, 0.2) is 6.61 Å². The van der Waals surface area contributed by atoms with Crippen molar-refractivity contribution in [2.45, 2.75) is 109 Å². The van der Waals surface area contributed by atoms with Crippen LogP contribution in [-0.4, -0.2) is 74.9 Å². The Bertz CT molecular complexity index is 1970. The molecule has 1 aliphatic heterocycles. The van der Waals surface area contributed by atoms with E-state index in [9.17, 15) is 19.5 Å². The van der Waals surface area contributed by atoms with Gasteiger partial charge in [0.25, 0.3) is 0 Å². The summed E-state index contributed by atoms with van der Waals surface area (Å²) in [5, 5.41) is 22.2. The van der Waals surface area contributed by atoms with Crippen molar-refractivity contribution in [3.05, 3.63) is 90.0 Å². The molecule has 1 atom stereocenters. The molecule has 0 spiro atoms. The highest BCUT2D eigenvalue weighted by Crippen LogP contribution is 2.34. The maximum atomic E-state index is 12.9. The van der Waals surface area contributed by atoms with Crippen molar-refractivity contribution in [2.24, 2.45) is 5.16 Å². The molecule has 0 saturated carbocycles. The summed E-state index contributed by atoms with van der Waals surface area (Å²) < 4.78 is 5.34. The monoisotopic (exact) mass is 790 g/mol. The number of oxime groups is 1. The smallest absolute Gasteiger partial charge is 0.348 e. The van der Waals surface area contributed by atoms with Crippen LogP contribution >= 0.6 is 0 Å². The summed E-state index contributed by atoms with van der Waals surface area (Å²) in [6, 6.07) is 22.5. The number of nitrogens with one attached hydrogen (secondary N) is 1. The van der Waals surface area contributed by atoms with Crippen molar-refractivity contribution < 1.29 is 34.2 Å². The maximum Gasteiger partial charge on any atom is 0.348 e. The number of amides is 1. The highest BCUT2D eigenvalue weighted by atomic mass is 16.7. The number of hydrogen-bond donors (Lipinski definition) is 3. The molecule has 0 fully saturated rings. The molecule has 0 aliphatic carbocycles. The number of aromatic nitrogens is 2. The number of likely N-dealkylation sites (N-methyl/N-ethyl adjacent to an activating group) is 1. The number of ether oxygens (including phenoxy) is 1. The summed E-state index contributed by atoms with van der Waals surface area (Å²) in [4.78, 5) is 50.5. The molecule has 1 aliphatic rings. The van der Waals surface area contributed by atoms with E-state index in [1.54, 1.807) is 23.1 Å². The van der Waals surface area contributed by atoms with E-state index >= 15 is 0 Å². The number of carboxylic acid groups (broad SMARTS) is 2. The molecule has 11 heteroatoms. The second-order valence-electron chi connectivity index (χ2n) is 15.1. The fourth-order valence-corrected chi connectivity index (χ4v) is 6.99. The first-order chi connectivity index (χ1) is 28.2. The van der Waals surface area contributed by atoms with Gasteiger partial charge in [-0.05, 0) is 47.9 Å². The van der Waals surface area contributed by atoms with E-state index < -0.39 is 24.6 Å². The van der Waals surface area contributed by atoms with E-state index in [0.717, 1.165) is 52.9 Å². The van der Waals surface area contributed by atoms with Gasteiger partial charge in [0.1, 0.15) is 11.6 Å². The van der Waals surface area contributed by atoms with Crippen molar-refractivity contribution in [3.63, 3.8) is 0 Å². The van der Waals surface area contributed by atoms with E-state index in [-0.39, 0.29) is 12.3 Å². The fraction of sp³-hybridized carbons (Fsp3) is 0.426. The summed E-state index contributed by atoms with van der Waals surface area (Å²) in [5.74, 6) is -1.08. The summed E-state index contributed by atoms with van der Waals surface area (Å²) >= 11 is 0. The molecule has 0 bridgehead atoms. The highest BCUT2D eigenvalue weighted by molar-refractivity contribution is 6.03. The number of carboxylic acids is 2. The Morgan fingerprint density at radius 3 is 1.88 bits per heavy atom. The van der Waals surface area contributed by atoms with Crippen molar-refractivity contribution in [1.29, 1.82) is 0 Å². The number of nitrogens with zero attached hydrogens (tertiary/aromatic N) is 3. The molecule has 0 saturated heterocycles. The molecule has 2 heterocycles. The third kappa shape index (κ3) is 13.5. The van der Waals surface area contributed by atoms with Crippen LogP contribution in [0.2, 0.25) is 0 Å². The van der Waals surface area contributed by atoms with Gasteiger partial charge in [-0.25, -0.2) is 14.6 Å². The average Bonchev–Trinajstić information content (AvgIpc) is 3.92. The number of aromatic amines is 1. The van der Waals surface area contributed by atoms with Crippen LogP contribution in [0.5, 0.6) is 5.75 Å². The lowest BCUT2D eigenvalue weighted by Gasteiger charge is -2.14. The molecule has 5 rings (SSSR count). The lowest BCUT2D eigenvalue weighted by molar-refractivity contribution is -0.148. The second kappa shape index (κ2) is 22.9. The van der Waals surface area contributed by atoms with Crippen LogP contribution in [0.15, 0.2) is 84.0 Å². The molecule has 1 amide bonds. The van der Waals surface area contributed by atoms with E-state index in [0.29, 0.717) is 23.0 Å². The van der Waals surface area contributed by atoms with E-state index in [1.165, 1.54) is 77.0 Å². The van der Waals surface area contributed by atoms with Gasteiger partial charge < -0.3 is 29.7 Å². The Morgan fingerprint density at radius 1 is 0.759 bits per heavy atom. The minimum absolute atomic E-state index is 0.0182. The number of rotatable bonds is 25. The lowest BCUT2D eigenvalue weighted by atomic mass is 10.0. The average molecular weight is 791 g/mol. The normalized spacial score (nSPS) is 13.7. The van der Waals surface area contributed by atoms with Gasteiger partial charge in [0.05, 0.1) is 17.1 Å². The Labute approximate surface area is 342 Å². The molecule has 0 radical (unpaired) electrons. The number of carbonyl (C=O) groups excluding carboxylic acids is 1. The summed E-state index contributed by atoms with van der Waals surface area (Å²) in [7, 11) is 1.86. The molecule has 58 heavy (non-hydrogen) atoms. The summed E-state index contributed by atoms with van der Waals surface area (Å²) in [5.41, 5.74) is 6.17. The van der Waals surface area contributed by atoms with E-state index in [4.69, 9.17) is 19.7 Å². The van der Waals surface area contributed by atoms with Crippen molar-refractivity contribution >= 4 is 29.6 Å². The molecule has 11 nitrogen and oxygen atoms in total. The Balaban J connectivity index is 1.16. The Kier molecular flexibility index (Phi) is 17.1. The molecule has 308 valence electrons. The third-order valence-electron chi connectivity index (χ3n) is 10.5. The minimum atomic E-state index is -1.06. The molecule has 3 N–H and O–H groups in total. The standard InChI is InChI=1S/C47H58N4O7/c1-3-4-5-6-7-8-9-10-11-12-13-14-15-16-31-51(2)42(52)30-19-34-17-20-36(21-18-34)44-45(37-26-28-39(29-27-37)57-33-43(53)54)49-46(48-44)38-24-22-35(23-25-38)40-32-41(47(55)56)58-50-40/h17-30,41H,3-16,31-33H2,1-2H3,(H,48,49)(H,53,54)(H,55,56). The van der Waals surface area contributed by atoms with E-state index in [2.05, 4.69) is 17.1 Å². The first-order valence-electron chi connectivity index (χ1n) is 20.9. The SMILES string of the molecule is CCCCCCCCCCCCCCCCN(C)C(=O)C=Cc1ccc(-c2[nH]c(-c3ccc(C4=NOC(C(=O)O)C4)cc3)nc2-c2ccc(OCC(=O)O)cc2)cc1. The van der Waals surface area contributed by atoms with E-state index in [1.807, 2.05) is 73.8 Å². The third-order valence-corrected chi connectivity index (χ3v) is 10.5. The topological polar surface area (TPSA) is 154 Å². The number of imidazole rings is 1. The largest absolute Gasteiger partial charge is 0.482 e. The van der Waals surface area contributed by atoms with Gasteiger partial charge in [-0.3, -0.25) is 4.79 Å². The van der Waals surface area contributed by atoms with Crippen molar-refractivity contribution in [2.75, 3.05) is 20.2 Å². The lowest BCUT2D eigenvalue weighted by Crippen LogP contribution is -2.25. The quantitative estimate of drug-likeness (QED) is 0.0443. The molecule has 4 aromatic rings. The van der Waals surface area contributed by atoms with Gasteiger partial charge >= 0.3 is 11.9 Å².